The topological polar surface area (TPSA) is 29.5 Å². The highest BCUT2D eigenvalue weighted by atomic mass is 79.9. The Bertz CT molecular complexity index is 244. The molecule has 1 heterocycles. The lowest BCUT2D eigenvalue weighted by Crippen LogP contribution is -2.45. The smallest absolute Gasteiger partial charge is 0.228 e. The molecular weight excluding hydrogens is 282 g/mol. The number of nitrogens with zero attached hydrogens (tertiary/aromatic N) is 1. The number of carbonyl (C=O) groups is 1. The summed E-state index contributed by atoms with van der Waals surface area (Å²) in [5.74, 6) is 0.345. The quantitative estimate of drug-likeness (QED) is 0.706. The number of ether oxygens (including phenoxy) is 1. The summed E-state index contributed by atoms with van der Waals surface area (Å²) >= 11 is 3.44. The van der Waals surface area contributed by atoms with Gasteiger partial charge in [0.15, 0.2) is 0 Å². The predicted octanol–water partition coefficient (Wildman–Crippen LogP) is 2.82. The van der Waals surface area contributed by atoms with E-state index in [1.807, 2.05) is 11.8 Å². The molecule has 1 aliphatic rings. The minimum absolute atomic E-state index is 0.0645. The summed E-state index contributed by atoms with van der Waals surface area (Å²) in [5, 5.41) is 0.844. The van der Waals surface area contributed by atoms with Crippen molar-refractivity contribution in [2.75, 3.05) is 18.5 Å². The molecule has 2 unspecified atom stereocenters. The van der Waals surface area contributed by atoms with E-state index in [1.165, 1.54) is 0 Å². The van der Waals surface area contributed by atoms with Crippen molar-refractivity contribution < 1.29 is 9.53 Å². The first-order valence-electron chi connectivity index (χ1n) is 6.63. The van der Waals surface area contributed by atoms with Gasteiger partial charge in [0.2, 0.25) is 5.91 Å². The van der Waals surface area contributed by atoms with Gasteiger partial charge in [-0.05, 0) is 26.2 Å². The molecule has 2 atom stereocenters. The van der Waals surface area contributed by atoms with Crippen molar-refractivity contribution in [3.8, 4) is 0 Å². The molecule has 1 fully saturated rings. The van der Waals surface area contributed by atoms with Gasteiger partial charge in [0, 0.05) is 24.5 Å². The van der Waals surface area contributed by atoms with Crippen molar-refractivity contribution in [1.82, 2.24) is 4.90 Å². The van der Waals surface area contributed by atoms with E-state index in [4.69, 9.17) is 4.74 Å². The molecule has 0 saturated carbocycles. The molecule has 0 bridgehead atoms. The van der Waals surface area contributed by atoms with Crippen molar-refractivity contribution in [1.29, 1.82) is 0 Å². The van der Waals surface area contributed by atoms with Crippen LogP contribution in [0.2, 0.25) is 0 Å². The van der Waals surface area contributed by atoms with Gasteiger partial charge in [-0.2, -0.15) is 0 Å². The standard InChI is InChI=1S/C13H24BrNO2/c1-4-11(5-2)15(8-7-14)13(16)12-6-9-17-10(12)3/h10-12H,4-9H2,1-3H3. The predicted molar refractivity (Wildman–Crippen MR) is 73.4 cm³/mol. The third-order valence-corrected chi connectivity index (χ3v) is 4.04. The third kappa shape index (κ3) is 3.68. The minimum atomic E-state index is 0.0645. The van der Waals surface area contributed by atoms with Crippen LogP contribution < -0.4 is 0 Å². The average molecular weight is 306 g/mol. The highest BCUT2D eigenvalue weighted by molar-refractivity contribution is 9.09. The lowest BCUT2D eigenvalue weighted by molar-refractivity contribution is -0.139. The fraction of sp³-hybridized carbons (Fsp3) is 0.923. The van der Waals surface area contributed by atoms with Crippen LogP contribution in [0.25, 0.3) is 0 Å². The van der Waals surface area contributed by atoms with E-state index in [2.05, 4.69) is 29.8 Å². The monoisotopic (exact) mass is 305 g/mol. The summed E-state index contributed by atoms with van der Waals surface area (Å²) in [6.45, 7) is 7.83. The van der Waals surface area contributed by atoms with E-state index in [0.717, 1.165) is 37.7 Å². The molecule has 0 radical (unpaired) electrons. The molecule has 1 rings (SSSR count). The highest BCUT2D eigenvalue weighted by Gasteiger charge is 2.35. The lowest BCUT2D eigenvalue weighted by atomic mass is 9.99. The minimum Gasteiger partial charge on any atom is -0.378 e. The molecule has 0 aromatic heterocycles. The highest BCUT2D eigenvalue weighted by Crippen LogP contribution is 2.24. The SMILES string of the molecule is CCC(CC)N(CCBr)C(=O)C1CCOC1C. The molecule has 100 valence electrons. The van der Waals surface area contributed by atoms with Crippen molar-refractivity contribution in [3.05, 3.63) is 0 Å². The van der Waals surface area contributed by atoms with E-state index in [9.17, 15) is 4.79 Å². The summed E-state index contributed by atoms with van der Waals surface area (Å²) in [5.41, 5.74) is 0. The molecule has 0 N–H and O–H groups in total. The fourth-order valence-corrected chi connectivity index (χ4v) is 2.94. The largest absolute Gasteiger partial charge is 0.378 e. The first-order valence-corrected chi connectivity index (χ1v) is 7.75. The molecule has 0 aliphatic carbocycles. The molecule has 1 saturated heterocycles. The van der Waals surface area contributed by atoms with Gasteiger partial charge in [0.1, 0.15) is 0 Å². The summed E-state index contributed by atoms with van der Waals surface area (Å²) in [6.07, 6.45) is 3.00. The number of hydrogen-bond acceptors (Lipinski definition) is 2. The van der Waals surface area contributed by atoms with Crippen molar-refractivity contribution in [2.24, 2.45) is 5.92 Å². The molecule has 17 heavy (non-hydrogen) atoms. The van der Waals surface area contributed by atoms with Gasteiger partial charge in [-0.3, -0.25) is 4.79 Å². The van der Waals surface area contributed by atoms with Gasteiger partial charge >= 0.3 is 0 Å². The first-order chi connectivity index (χ1) is 8.15. The Labute approximate surface area is 113 Å². The zero-order chi connectivity index (χ0) is 12.8. The molecule has 0 aromatic rings. The normalized spacial score (nSPS) is 24.3. The second-order valence-electron chi connectivity index (χ2n) is 4.66. The lowest BCUT2D eigenvalue weighted by Gasteiger charge is -2.33. The van der Waals surface area contributed by atoms with Crippen LogP contribution in [0.15, 0.2) is 0 Å². The van der Waals surface area contributed by atoms with E-state index in [-0.39, 0.29) is 17.9 Å². The number of hydrogen-bond donors (Lipinski definition) is 0. The van der Waals surface area contributed by atoms with Crippen LogP contribution in [-0.4, -0.2) is 41.4 Å². The van der Waals surface area contributed by atoms with Crippen LogP contribution in [-0.2, 0) is 9.53 Å². The Balaban J connectivity index is 2.71. The van der Waals surface area contributed by atoms with Gasteiger partial charge in [0.05, 0.1) is 12.0 Å². The zero-order valence-electron chi connectivity index (χ0n) is 11.1. The maximum Gasteiger partial charge on any atom is 0.228 e. The molecule has 1 aliphatic heterocycles. The maximum atomic E-state index is 12.5. The number of rotatable bonds is 6. The Morgan fingerprint density at radius 2 is 2.12 bits per heavy atom. The molecule has 4 heteroatoms. The van der Waals surface area contributed by atoms with Crippen molar-refractivity contribution in [3.63, 3.8) is 0 Å². The number of amides is 1. The van der Waals surface area contributed by atoms with Crippen molar-refractivity contribution >= 4 is 21.8 Å². The number of halogens is 1. The molecular formula is C13H24BrNO2. The first kappa shape index (κ1) is 15.0. The van der Waals surface area contributed by atoms with Gasteiger partial charge in [-0.15, -0.1) is 0 Å². The van der Waals surface area contributed by atoms with Crippen LogP contribution in [0, 0.1) is 5.92 Å². The van der Waals surface area contributed by atoms with E-state index in [1.54, 1.807) is 0 Å². The summed E-state index contributed by atoms with van der Waals surface area (Å²) in [4.78, 5) is 14.6. The molecule has 1 amide bonds. The van der Waals surface area contributed by atoms with Gasteiger partial charge in [-0.1, -0.05) is 29.8 Å². The second kappa shape index (κ2) is 7.37. The van der Waals surface area contributed by atoms with Gasteiger partial charge in [0.25, 0.3) is 0 Å². The molecule has 3 nitrogen and oxygen atoms in total. The average Bonchev–Trinajstić information content (AvgIpc) is 2.75. The van der Waals surface area contributed by atoms with Gasteiger partial charge in [-0.25, -0.2) is 0 Å². The molecule has 0 spiro atoms. The van der Waals surface area contributed by atoms with E-state index >= 15 is 0 Å². The van der Waals surface area contributed by atoms with Crippen LogP contribution in [0.1, 0.15) is 40.0 Å². The van der Waals surface area contributed by atoms with E-state index < -0.39 is 0 Å². The number of alkyl halides is 1. The number of carbonyl (C=O) groups excluding carboxylic acids is 1. The maximum absolute atomic E-state index is 12.5. The van der Waals surface area contributed by atoms with Crippen LogP contribution >= 0.6 is 15.9 Å². The summed E-state index contributed by atoms with van der Waals surface area (Å²) in [7, 11) is 0. The Morgan fingerprint density at radius 3 is 2.53 bits per heavy atom. The van der Waals surface area contributed by atoms with E-state index in [0.29, 0.717) is 6.04 Å². The second-order valence-corrected chi connectivity index (χ2v) is 5.46. The summed E-state index contributed by atoms with van der Waals surface area (Å²) < 4.78 is 5.50. The molecule has 0 aromatic carbocycles. The van der Waals surface area contributed by atoms with Crippen LogP contribution in [0.5, 0.6) is 0 Å². The third-order valence-electron chi connectivity index (χ3n) is 3.69. The Morgan fingerprint density at radius 1 is 1.47 bits per heavy atom. The Hall–Kier alpha value is -0.0900. The van der Waals surface area contributed by atoms with Crippen molar-refractivity contribution in [2.45, 2.75) is 52.2 Å². The Kier molecular flexibility index (Phi) is 6.49. The summed E-state index contributed by atoms with van der Waals surface area (Å²) in [6, 6.07) is 0.368. The van der Waals surface area contributed by atoms with Crippen LogP contribution in [0.4, 0.5) is 0 Å². The van der Waals surface area contributed by atoms with Crippen LogP contribution in [0.3, 0.4) is 0 Å². The fourth-order valence-electron chi connectivity index (χ4n) is 2.56. The van der Waals surface area contributed by atoms with Gasteiger partial charge < -0.3 is 9.64 Å². The zero-order valence-corrected chi connectivity index (χ0v) is 12.7.